The van der Waals surface area contributed by atoms with E-state index in [4.69, 9.17) is 11.6 Å². The molecule has 2 heterocycles. The van der Waals surface area contributed by atoms with Crippen molar-refractivity contribution in [1.29, 1.82) is 0 Å². The van der Waals surface area contributed by atoms with Gasteiger partial charge in [0.2, 0.25) is 5.78 Å². The second-order valence-corrected chi connectivity index (χ2v) is 8.39. The molecule has 0 radical (unpaired) electrons. The minimum Gasteiger partial charge on any atom is -0.287 e. The summed E-state index contributed by atoms with van der Waals surface area (Å²) in [5.41, 5.74) is 0.290. The van der Waals surface area contributed by atoms with Gasteiger partial charge in [-0.3, -0.25) is 14.9 Å². The number of sulfone groups is 1. The van der Waals surface area contributed by atoms with Gasteiger partial charge in [0.1, 0.15) is 16.3 Å². The van der Waals surface area contributed by atoms with Gasteiger partial charge in [-0.25, -0.2) is 8.42 Å². The molecule has 0 atom stereocenters. The van der Waals surface area contributed by atoms with Crippen molar-refractivity contribution in [2.75, 3.05) is 18.1 Å². The molecule has 0 unspecified atom stereocenters. The highest BCUT2D eigenvalue weighted by atomic mass is 35.5. The molecule has 1 aliphatic rings. The minimum absolute atomic E-state index is 0.0454. The SMILES string of the molecule is O=C(c1ccc(Cl)cc1)c1[nH]ncc1S(=O)(=O)CC1=NCCS1. The van der Waals surface area contributed by atoms with Crippen molar-refractivity contribution in [2.24, 2.45) is 4.99 Å². The number of rotatable bonds is 5. The number of carbonyl (C=O) groups is 1. The highest BCUT2D eigenvalue weighted by molar-refractivity contribution is 8.15. The van der Waals surface area contributed by atoms with Crippen molar-refractivity contribution in [3.05, 3.63) is 46.7 Å². The van der Waals surface area contributed by atoms with Crippen molar-refractivity contribution in [3.63, 3.8) is 0 Å². The standard InChI is InChI=1S/C14H12ClN3O3S2/c15-10-3-1-9(2-4-10)14(19)13-11(7-17-18-13)23(20,21)8-12-16-5-6-22-12/h1-4,7H,5-6,8H2,(H,17,18). The van der Waals surface area contributed by atoms with Gasteiger partial charge >= 0.3 is 0 Å². The molecule has 0 aliphatic carbocycles. The second kappa shape index (κ2) is 6.46. The number of nitrogens with one attached hydrogen (secondary N) is 1. The topological polar surface area (TPSA) is 92.2 Å². The zero-order chi connectivity index (χ0) is 16.4. The van der Waals surface area contributed by atoms with Crippen LogP contribution in [0, 0.1) is 0 Å². The van der Waals surface area contributed by atoms with Gasteiger partial charge in [0.15, 0.2) is 9.84 Å². The lowest BCUT2D eigenvalue weighted by atomic mass is 10.1. The van der Waals surface area contributed by atoms with Crippen LogP contribution in [0.15, 0.2) is 40.4 Å². The molecule has 0 fully saturated rings. The van der Waals surface area contributed by atoms with Crippen LogP contribution in [0.25, 0.3) is 0 Å². The number of aliphatic imine (C=N–C) groups is 1. The van der Waals surface area contributed by atoms with Gasteiger partial charge in [0.05, 0.1) is 11.2 Å². The lowest BCUT2D eigenvalue weighted by Crippen LogP contribution is -2.16. The number of carbonyl (C=O) groups excluding carboxylic acids is 1. The first-order valence-electron chi connectivity index (χ1n) is 6.70. The molecular formula is C14H12ClN3O3S2. The van der Waals surface area contributed by atoms with Gasteiger partial charge in [-0.05, 0) is 24.3 Å². The molecule has 1 N–H and O–H groups in total. The van der Waals surface area contributed by atoms with Gasteiger partial charge in [-0.2, -0.15) is 5.10 Å². The van der Waals surface area contributed by atoms with Crippen LogP contribution in [0.1, 0.15) is 16.1 Å². The van der Waals surface area contributed by atoms with Crippen LogP contribution in [-0.2, 0) is 9.84 Å². The Bertz CT molecular complexity index is 873. The maximum atomic E-state index is 12.5. The Morgan fingerprint density at radius 2 is 2.04 bits per heavy atom. The number of aromatic nitrogens is 2. The minimum atomic E-state index is -3.68. The van der Waals surface area contributed by atoms with Crippen molar-refractivity contribution >= 4 is 44.0 Å². The van der Waals surface area contributed by atoms with Crippen LogP contribution in [0.2, 0.25) is 5.02 Å². The molecule has 1 aromatic carbocycles. The number of nitrogens with zero attached hydrogens (tertiary/aromatic N) is 2. The van der Waals surface area contributed by atoms with E-state index in [-0.39, 0.29) is 16.3 Å². The number of H-pyrrole nitrogens is 1. The molecule has 1 aromatic heterocycles. The average molecular weight is 370 g/mol. The summed E-state index contributed by atoms with van der Waals surface area (Å²) in [5, 5.41) is 7.28. The third-order valence-corrected chi connectivity index (χ3v) is 6.30. The first-order valence-corrected chi connectivity index (χ1v) is 9.71. The first kappa shape index (κ1) is 16.2. The summed E-state index contributed by atoms with van der Waals surface area (Å²) in [6, 6.07) is 6.23. The van der Waals surface area contributed by atoms with E-state index in [1.807, 2.05) is 0 Å². The zero-order valence-electron chi connectivity index (χ0n) is 11.8. The van der Waals surface area contributed by atoms with Crippen LogP contribution >= 0.6 is 23.4 Å². The fourth-order valence-corrected chi connectivity index (χ4v) is 4.89. The summed E-state index contributed by atoms with van der Waals surface area (Å²) >= 11 is 7.22. The normalized spacial score (nSPS) is 14.7. The molecule has 23 heavy (non-hydrogen) atoms. The summed E-state index contributed by atoms with van der Waals surface area (Å²) in [5.74, 6) is 0.129. The van der Waals surface area contributed by atoms with Crippen LogP contribution in [-0.4, -0.2) is 47.5 Å². The Balaban J connectivity index is 1.92. The van der Waals surface area contributed by atoms with Crippen molar-refractivity contribution < 1.29 is 13.2 Å². The highest BCUT2D eigenvalue weighted by Crippen LogP contribution is 2.22. The maximum Gasteiger partial charge on any atom is 0.212 e. The number of ketones is 1. The van der Waals surface area contributed by atoms with E-state index in [2.05, 4.69) is 15.2 Å². The number of thioether (sulfide) groups is 1. The van der Waals surface area contributed by atoms with Crippen molar-refractivity contribution in [3.8, 4) is 0 Å². The predicted molar refractivity (Wildman–Crippen MR) is 90.3 cm³/mol. The summed E-state index contributed by atoms with van der Waals surface area (Å²) in [6.07, 6.45) is 1.17. The number of halogens is 1. The van der Waals surface area contributed by atoms with E-state index in [0.29, 0.717) is 22.2 Å². The van der Waals surface area contributed by atoms with Gasteiger partial charge in [-0.1, -0.05) is 11.6 Å². The van der Waals surface area contributed by atoms with E-state index < -0.39 is 15.6 Å². The van der Waals surface area contributed by atoms with Crippen LogP contribution in [0.5, 0.6) is 0 Å². The average Bonchev–Trinajstić information content (AvgIpc) is 3.18. The monoisotopic (exact) mass is 369 g/mol. The zero-order valence-corrected chi connectivity index (χ0v) is 14.2. The smallest absolute Gasteiger partial charge is 0.212 e. The molecule has 9 heteroatoms. The highest BCUT2D eigenvalue weighted by Gasteiger charge is 2.28. The predicted octanol–water partition coefficient (Wildman–Crippen LogP) is 2.21. The van der Waals surface area contributed by atoms with Gasteiger partial charge in [-0.15, -0.1) is 11.8 Å². The van der Waals surface area contributed by atoms with E-state index in [1.54, 1.807) is 24.3 Å². The lowest BCUT2D eigenvalue weighted by molar-refractivity contribution is 0.103. The van der Waals surface area contributed by atoms with Crippen LogP contribution in [0.4, 0.5) is 0 Å². The third kappa shape index (κ3) is 3.49. The summed E-state index contributed by atoms with van der Waals surface area (Å²) in [4.78, 5) is 16.5. The number of hydrogen-bond donors (Lipinski definition) is 1. The first-order chi connectivity index (χ1) is 11.0. The Kier molecular flexibility index (Phi) is 4.56. The Morgan fingerprint density at radius 1 is 1.30 bits per heavy atom. The van der Waals surface area contributed by atoms with Gasteiger partial charge in [0.25, 0.3) is 0 Å². The molecule has 0 saturated heterocycles. The fraction of sp³-hybridized carbons (Fsp3) is 0.214. The summed E-state index contributed by atoms with van der Waals surface area (Å²) < 4.78 is 25.1. The Hall–Kier alpha value is -1.64. The van der Waals surface area contributed by atoms with E-state index in [1.165, 1.54) is 18.0 Å². The van der Waals surface area contributed by atoms with Gasteiger partial charge in [0, 0.05) is 22.9 Å². The van der Waals surface area contributed by atoms with Crippen molar-refractivity contribution in [1.82, 2.24) is 10.2 Å². The maximum absolute atomic E-state index is 12.5. The largest absolute Gasteiger partial charge is 0.287 e. The second-order valence-electron chi connectivity index (χ2n) is 4.83. The number of aromatic amines is 1. The van der Waals surface area contributed by atoms with Crippen LogP contribution in [0.3, 0.4) is 0 Å². The lowest BCUT2D eigenvalue weighted by Gasteiger charge is -2.05. The molecular weight excluding hydrogens is 358 g/mol. The summed E-state index contributed by atoms with van der Waals surface area (Å²) in [6.45, 7) is 0.622. The van der Waals surface area contributed by atoms with E-state index in [9.17, 15) is 13.2 Å². The van der Waals surface area contributed by atoms with Crippen LogP contribution < -0.4 is 0 Å². The fourth-order valence-electron chi connectivity index (χ4n) is 2.13. The van der Waals surface area contributed by atoms with Crippen molar-refractivity contribution in [2.45, 2.75) is 4.90 Å². The summed E-state index contributed by atoms with van der Waals surface area (Å²) in [7, 11) is -3.68. The molecule has 0 saturated carbocycles. The van der Waals surface area contributed by atoms with E-state index in [0.717, 1.165) is 5.75 Å². The molecule has 3 rings (SSSR count). The Labute approximate surface area is 142 Å². The molecule has 120 valence electrons. The molecule has 2 aromatic rings. The Morgan fingerprint density at radius 3 is 2.70 bits per heavy atom. The number of benzene rings is 1. The third-order valence-electron chi connectivity index (χ3n) is 3.23. The quantitative estimate of drug-likeness (QED) is 0.816. The number of hydrogen-bond acceptors (Lipinski definition) is 6. The van der Waals surface area contributed by atoms with Gasteiger partial charge < -0.3 is 0 Å². The molecule has 1 aliphatic heterocycles. The van der Waals surface area contributed by atoms with E-state index >= 15 is 0 Å². The molecule has 6 nitrogen and oxygen atoms in total. The molecule has 0 spiro atoms. The molecule has 0 amide bonds. The molecule has 0 bridgehead atoms.